The third-order valence-corrected chi connectivity index (χ3v) is 6.81. The van der Waals surface area contributed by atoms with Crippen molar-refractivity contribution in [3.63, 3.8) is 0 Å². The van der Waals surface area contributed by atoms with E-state index in [0.717, 1.165) is 32.9 Å². The molecule has 0 fully saturated rings. The van der Waals surface area contributed by atoms with Crippen molar-refractivity contribution in [1.29, 1.82) is 0 Å². The number of nitrogens with two attached hydrogens (primary N) is 1. The van der Waals surface area contributed by atoms with Crippen LogP contribution in [-0.4, -0.2) is 69.2 Å². The fraction of sp³-hybridized carbons (Fsp3) is 0.259. The predicted octanol–water partition coefficient (Wildman–Crippen LogP) is 0.862. The fourth-order valence-corrected chi connectivity index (χ4v) is 4.51. The van der Waals surface area contributed by atoms with Crippen molar-refractivity contribution in [1.82, 2.24) is 25.9 Å². The van der Waals surface area contributed by atoms with E-state index in [4.69, 9.17) is 5.73 Å². The summed E-state index contributed by atoms with van der Waals surface area (Å²) in [5.74, 6) is -2.97. The number of carboxylic acids is 1. The highest BCUT2D eigenvalue weighted by molar-refractivity contribution is 7.80. The summed E-state index contributed by atoms with van der Waals surface area (Å²) in [4.78, 5) is 56.2. The van der Waals surface area contributed by atoms with Crippen molar-refractivity contribution in [3.8, 4) is 0 Å². The van der Waals surface area contributed by atoms with Gasteiger partial charge in [0.1, 0.15) is 12.1 Å². The second-order valence-electron chi connectivity index (χ2n) is 9.15. The molecule has 0 aliphatic heterocycles. The zero-order valence-electron chi connectivity index (χ0n) is 20.9. The number of aliphatic carboxylic acids is 1. The maximum absolute atomic E-state index is 13.1. The van der Waals surface area contributed by atoms with Crippen LogP contribution in [0.15, 0.2) is 60.9 Å². The van der Waals surface area contributed by atoms with Gasteiger partial charge >= 0.3 is 5.97 Å². The summed E-state index contributed by atoms with van der Waals surface area (Å²) in [5, 5.41) is 19.0. The topological polar surface area (TPSA) is 182 Å². The van der Waals surface area contributed by atoms with Gasteiger partial charge < -0.3 is 36.8 Å². The SMILES string of the molecule is NC(CS)C(=O)NC(Cc1c[nH]c2ccccc12)C(=O)NCC(=O)NC(Cc1c[nH]c2ccccc12)C(=O)O. The number of rotatable bonds is 12. The summed E-state index contributed by atoms with van der Waals surface area (Å²) >= 11 is 4.04. The third-order valence-electron chi connectivity index (χ3n) is 6.42. The van der Waals surface area contributed by atoms with Gasteiger partial charge in [-0.2, -0.15) is 12.6 Å². The molecule has 12 heteroatoms. The molecule has 4 aromatic rings. The Bertz CT molecular complexity index is 1500. The van der Waals surface area contributed by atoms with Crippen LogP contribution in [0.25, 0.3) is 21.8 Å². The number of fused-ring (bicyclic) bond motifs is 2. The monoisotopic (exact) mass is 550 g/mol. The molecular weight excluding hydrogens is 520 g/mol. The Hall–Kier alpha value is -4.29. The second-order valence-corrected chi connectivity index (χ2v) is 9.52. The number of nitrogens with one attached hydrogen (secondary N) is 5. The number of aromatic nitrogens is 2. The Kier molecular flexibility index (Phi) is 8.89. The number of para-hydroxylation sites is 2. The zero-order valence-corrected chi connectivity index (χ0v) is 21.8. The van der Waals surface area contributed by atoms with Gasteiger partial charge in [0.2, 0.25) is 17.7 Å². The lowest BCUT2D eigenvalue weighted by atomic mass is 10.0. The maximum Gasteiger partial charge on any atom is 0.326 e. The van der Waals surface area contributed by atoms with E-state index >= 15 is 0 Å². The summed E-state index contributed by atoms with van der Waals surface area (Å²) in [7, 11) is 0. The summed E-state index contributed by atoms with van der Waals surface area (Å²) in [6.07, 6.45) is 3.66. The molecule has 0 radical (unpaired) electrons. The molecule has 3 amide bonds. The van der Waals surface area contributed by atoms with Crippen molar-refractivity contribution in [2.24, 2.45) is 5.73 Å². The van der Waals surface area contributed by atoms with Crippen molar-refractivity contribution in [2.75, 3.05) is 12.3 Å². The first-order chi connectivity index (χ1) is 18.8. The molecule has 8 N–H and O–H groups in total. The number of amides is 3. The van der Waals surface area contributed by atoms with Crippen molar-refractivity contribution in [3.05, 3.63) is 72.1 Å². The molecule has 2 heterocycles. The van der Waals surface area contributed by atoms with Crippen LogP contribution in [0.5, 0.6) is 0 Å². The third kappa shape index (κ3) is 6.78. The van der Waals surface area contributed by atoms with Gasteiger partial charge in [-0.3, -0.25) is 14.4 Å². The van der Waals surface area contributed by atoms with E-state index in [1.54, 1.807) is 12.4 Å². The smallest absolute Gasteiger partial charge is 0.326 e. The maximum atomic E-state index is 13.1. The van der Waals surface area contributed by atoms with Gasteiger partial charge in [-0.25, -0.2) is 4.79 Å². The van der Waals surface area contributed by atoms with Gasteiger partial charge in [0.15, 0.2) is 0 Å². The Morgan fingerprint density at radius 1 is 0.821 bits per heavy atom. The number of benzene rings is 2. The minimum absolute atomic E-state index is 0.0555. The van der Waals surface area contributed by atoms with Crippen LogP contribution in [0.4, 0.5) is 0 Å². The van der Waals surface area contributed by atoms with Crippen LogP contribution >= 0.6 is 12.6 Å². The second kappa shape index (κ2) is 12.5. The quantitative estimate of drug-likeness (QED) is 0.121. The van der Waals surface area contributed by atoms with Gasteiger partial charge in [-0.15, -0.1) is 0 Å². The molecule has 39 heavy (non-hydrogen) atoms. The number of thiol groups is 1. The molecule has 11 nitrogen and oxygen atoms in total. The average Bonchev–Trinajstić information content (AvgIpc) is 3.54. The lowest BCUT2D eigenvalue weighted by Gasteiger charge is -2.20. The Morgan fingerprint density at radius 2 is 1.36 bits per heavy atom. The number of hydrogen-bond acceptors (Lipinski definition) is 6. The van der Waals surface area contributed by atoms with Gasteiger partial charge in [-0.1, -0.05) is 36.4 Å². The Labute approximate surface area is 229 Å². The van der Waals surface area contributed by atoms with E-state index in [2.05, 4.69) is 38.5 Å². The lowest BCUT2D eigenvalue weighted by molar-refractivity contribution is -0.141. The predicted molar refractivity (Wildman–Crippen MR) is 150 cm³/mol. The highest BCUT2D eigenvalue weighted by atomic mass is 32.1. The highest BCUT2D eigenvalue weighted by Gasteiger charge is 2.26. The number of hydrogen-bond donors (Lipinski definition) is 8. The van der Waals surface area contributed by atoms with E-state index in [9.17, 15) is 24.3 Å². The summed E-state index contributed by atoms with van der Waals surface area (Å²) in [5.41, 5.74) is 9.04. The molecule has 2 aromatic carbocycles. The fourth-order valence-electron chi connectivity index (χ4n) is 4.35. The standard InChI is InChI=1S/C27H30N6O5S/c28-19(14-39)25(35)33-22(9-15-11-29-20-7-3-1-5-17(15)20)26(36)31-13-24(34)32-23(27(37)38)10-16-12-30-21-8-4-2-6-18(16)21/h1-8,11-12,19,22-23,29-30,39H,9-10,13-14,28H2,(H,31,36)(H,32,34)(H,33,35)(H,37,38). The van der Waals surface area contributed by atoms with Crippen LogP contribution < -0.4 is 21.7 Å². The molecule has 0 aliphatic rings. The number of aromatic amines is 2. The minimum Gasteiger partial charge on any atom is -0.480 e. The van der Waals surface area contributed by atoms with Crippen molar-refractivity contribution >= 4 is 58.1 Å². The van der Waals surface area contributed by atoms with Gasteiger partial charge in [0.05, 0.1) is 12.6 Å². The van der Waals surface area contributed by atoms with E-state index in [0.29, 0.717) is 0 Å². The first-order valence-corrected chi connectivity index (χ1v) is 13.0. The molecular formula is C27H30N6O5S. The molecule has 0 bridgehead atoms. The Balaban J connectivity index is 1.41. The minimum atomic E-state index is -1.20. The van der Waals surface area contributed by atoms with Gasteiger partial charge in [-0.05, 0) is 23.3 Å². The first-order valence-electron chi connectivity index (χ1n) is 12.3. The van der Waals surface area contributed by atoms with E-state index < -0.39 is 48.4 Å². The molecule has 4 rings (SSSR count). The summed E-state index contributed by atoms with van der Waals surface area (Å²) < 4.78 is 0. The molecule has 2 aromatic heterocycles. The van der Waals surface area contributed by atoms with Crippen molar-refractivity contribution < 1.29 is 24.3 Å². The van der Waals surface area contributed by atoms with Crippen LogP contribution in [0.2, 0.25) is 0 Å². The van der Waals surface area contributed by atoms with Gasteiger partial charge in [0, 0.05) is 52.8 Å². The van der Waals surface area contributed by atoms with Crippen LogP contribution in [0, 0.1) is 0 Å². The Morgan fingerprint density at radius 3 is 1.90 bits per heavy atom. The molecule has 0 saturated carbocycles. The number of carbonyl (C=O) groups excluding carboxylic acids is 3. The van der Waals surface area contributed by atoms with Gasteiger partial charge in [0.25, 0.3) is 0 Å². The first kappa shape index (κ1) is 27.7. The lowest BCUT2D eigenvalue weighted by Crippen LogP contribution is -2.54. The van der Waals surface area contributed by atoms with E-state index in [1.807, 2.05) is 48.5 Å². The largest absolute Gasteiger partial charge is 0.480 e. The molecule has 0 aliphatic carbocycles. The van der Waals surface area contributed by atoms with E-state index in [-0.39, 0.29) is 18.6 Å². The van der Waals surface area contributed by atoms with Crippen LogP contribution in [0.1, 0.15) is 11.1 Å². The molecule has 3 unspecified atom stereocenters. The molecule has 204 valence electrons. The van der Waals surface area contributed by atoms with Crippen LogP contribution in [0.3, 0.4) is 0 Å². The molecule has 3 atom stereocenters. The average molecular weight is 551 g/mol. The number of carbonyl (C=O) groups is 4. The van der Waals surface area contributed by atoms with Crippen molar-refractivity contribution in [2.45, 2.75) is 31.0 Å². The van der Waals surface area contributed by atoms with Crippen LogP contribution in [-0.2, 0) is 32.0 Å². The highest BCUT2D eigenvalue weighted by Crippen LogP contribution is 2.20. The summed E-state index contributed by atoms with van der Waals surface area (Å²) in [6.45, 7) is -0.477. The molecule has 0 saturated heterocycles. The van der Waals surface area contributed by atoms with E-state index in [1.165, 1.54) is 0 Å². The number of carboxylic acid groups (broad SMARTS) is 1. The number of H-pyrrole nitrogens is 2. The molecule has 0 spiro atoms. The normalized spacial score (nSPS) is 13.5. The zero-order chi connectivity index (χ0) is 27.9. The summed E-state index contributed by atoms with van der Waals surface area (Å²) in [6, 6.07) is 11.8.